The number of carbonyl (C=O) groups is 2. The van der Waals surface area contributed by atoms with Crippen molar-refractivity contribution in [3.05, 3.63) is 70.2 Å². The van der Waals surface area contributed by atoms with Gasteiger partial charge in [-0.2, -0.15) is 0 Å². The predicted molar refractivity (Wildman–Crippen MR) is 89.0 cm³/mol. The Morgan fingerprint density at radius 3 is 2.52 bits per heavy atom. The molecule has 0 unspecified atom stereocenters. The van der Waals surface area contributed by atoms with Gasteiger partial charge in [0.15, 0.2) is 0 Å². The number of urea groups is 1. The second-order valence-electron chi connectivity index (χ2n) is 5.70. The minimum atomic E-state index is -0.267. The molecule has 0 atom stereocenters. The van der Waals surface area contributed by atoms with Crippen LogP contribution in [0.3, 0.4) is 0 Å². The lowest BCUT2D eigenvalue weighted by molar-refractivity contribution is -0.125. The van der Waals surface area contributed by atoms with Gasteiger partial charge in [-0.3, -0.25) is 9.69 Å². The molecule has 0 spiro atoms. The number of hydrogen-bond acceptors (Lipinski definition) is 2. The molecular formula is C18H17ClN2O2. The first kappa shape index (κ1) is 15.6. The average molecular weight is 329 g/mol. The molecule has 2 aromatic rings. The largest absolute Gasteiger partial charge is 0.327 e. The summed E-state index contributed by atoms with van der Waals surface area (Å²) in [5.41, 5.74) is 2.84. The standard InChI is InChI=1S/C18H17ClN2O2/c1-13-7-8-16(19)15(9-13)11-21-17(22)12-20(18(21)23)10-14-5-3-2-4-6-14/h2-9H,10-12H2,1H3. The number of carbonyl (C=O) groups excluding carboxylic acids is 2. The highest BCUT2D eigenvalue weighted by atomic mass is 35.5. The van der Waals surface area contributed by atoms with E-state index in [1.807, 2.05) is 49.4 Å². The molecule has 3 rings (SSSR count). The van der Waals surface area contributed by atoms with Crippen molar-refractivity contribution >= 4 is 23.5 Å². The van der Waals surface area contributed by atoms with Gasteiger partial charge in [-0.05, 0) is 24.1 Å². The van der Waals surface area contributed by atoms with Crippen LogP contribution < -0.4 is 0 Å². The molecule has 2 aromatic carbocycles. The molecule has 5 heteroatoms. The number of aryl methyl sites for hydroxylation is 1. The second-order valence-corrected chi connectivity index (χ2v) is 6.11. The fourth-order valence-corrected chi connectivity index (χ4v) is 2.85. The van der Waals surface area contributed by atoms with Gasteiger partial charge >= 0.3 is 6.03 Å². The molecule has 0 N–H and O–H groups in total. The third-order valence-corrected chi connectivity index (χ3v) is 4.24. The predicted octanol–water partition coefficient (Wildman–Crippen LogP) is 3.61. The van der Waals surface area contributed by atoms with Gasteiger partial charge in [-0.25, -0.2) is 4.79 Å². The van der Waals surface area contributed by atoms with Gasteiger partial charge in [0, 0.05) is 11.6 Å². The third-order valence-electron chi connectivity index (χ3n) is 3.87. The SMILES string of the molecule is Cc1ccc(Cl)c(CN2C(=O)CN(Cc3ccccc3)C2=O)c1. The number of benzene rings is 2. The first-order chi connectivity index (χ1) is 11.0. The number of nitrogens with zero attached hydrogens (tertiary/aromatic N) is 2. The summed E-state index contributed by atoms with van der Waals surface area (Å²) in [7, 11) is 0. The summed E-state index contributed by atoms with van der Waals surface area (Å²) in [6, 6.07) is 15.0. The Bertz CT molecular complexity index is 746. The molecule has 4 nitrogen and oxygen atoms in total. The van der Waals surface area contributed by atoms with Gasteiger partial charge in [0.25, 0.3) is 5.91 Å². The van der Waals surface area contributed by atoms with Crippen LogP contribution in [0.15, 0.2) is 48.5 Å². The lowest BCUT2D eigenvalue weighted by atomic mass is 10.1. The molecule has 0 saturated carbocycles. The van der Waals surface area contributed by atoms with Crippen LogP contribution in [-0.4, -0.2) is 28.3 Å². The van der Waals surface area contributed by atoms with Crippen LogP contribution in [0, 0.1) is 6.92 Å². The minimum absolute atomic E-state index is 0.108. The molecule has 0 aliphatic carbocycles. The van der Waals surface area contributed by atoms with Crippen LogP contribution >= 0.6 is 11.6 Å². The monoisotopic (exact) mass is 328 g/mol. The van der Waals surface area contributed by atoms with E-state index in [9.17, 15) is 9.59 Å². The van der Waals surface area contributed by atoms with Crippen LogP contribution in [-0.2, 0) is 17.9 Å². The van der Waals surface area contributed by atoms with Crippen molar-refractivity contribution in [2.24, 2.45) is 0 Å². The van der Waals surface area contributed by atoms with Crippen molar-refractivity contribution in [1.29, 1.82) is 0 Å². The summed E-state index contributed by atoms with van der Waals surface area (Å²) in [5, 5.41) is 0.567. The number of halogens is 1. The Labute approximate surface area is 140 Å². The lowest BCUT2D eigenvalue weighted by Crippen LogP contribution is -2.32. The van der Waals surface area contributed by atoms with Gasteiger partial charge in [0.2, 0.25) is 0 Å². The topological polar surface area (TPSA) is 40.6 Å². The molecule has 1 aliphatic rings. The van der Waals surface area contributed by atoms with Crippen LogP contribution in [0.2, 0.25) is 5.02 Å². The van der Waals surface area contributed by atoms with Crippen molar-refractivity contribution in [2.45, 2.75) is 20.0 Å². The molecule has 0 radical (unpaired) electrons. The summed E-state index contributed by atoms with van der Waals surface area (Å²) in [6.45, 7) is 2.71. The molecule has 1 heterocycles. The molecule has 118 valence electrons. The highest BCUT2D eigenvalue weighted by Crippen LogP contribution is 2.22. The summed E-state index contributed by atoms with van der Waals surface area (Å²) in [5.74, 6) is -0.191. The van der Waals surface area contributed by atoms with Crippen molar-refractivity contribution in [2.75, 3.05) is 6.54 Å². The maximum Gasteiger partial charge on any atom is 0.327 e. The average Bonchev–Trinajstić information content (AvgIpc) is 2.79. The zero-order valence-corrected chi connectivity index (χ0v) is 13.6. The van der Waals surface area contributed by atoms with Gasteiger partial charge < -0.3 is 4.90 Å². The van der Waals surface area contributed by atoms with Crippen LogP contribution in [0.5, 0.6) is 0 Å². The summed E-state index contributed by atoms with van der Waals surface area (Å²) in [4.78, 5) is 27.5. The van der Waals surface area contributed by atoms with Crippen molar-refractivity contribution in [3.63, 3.8) is 0 Å². The Kier molecular flexibility index (Phi) is 4.35. The molecule has 0 bridgehead atoms. The van der Waals surface area contributed by atoms with Crippen LogP contribution in [0.25, 0.3) is 0 Å². The lowest BCUT2D eigenvalue weighted by Gasteiger charge is -2.18. The maximum absolute atomic E-state index is 12.5. The van der Waals surface area contributed by atoms with Crippen molar-refractivity contribution in [1.82, 2.24) is 9.80 Å². The normalized spacial score (nSPS) is 14.7. The van der Waals surface area contributed by atoms with Gasteiger partial charge in [0.05, 0.1) is 6.54 Å². The van der Waals surface area contributed by atoms with Gasteiger partial charge in [-0.15, -0.1) is 0 Å². The number of rotatable bonds is 4. The van der Waals surface area contributed by atoms with E-state index in [0.717, 1.165) is 16.7 Å². The van der Waals surface area contributed by atoms with Gasteiger partial charge in [0.1, 0.15) is 6.54 Å². The van der Waals surface area contributed by atoms with E-state index in [1.165, 1.54) is 4.90 Å². The number of imide groups is 1. The zero-order chi connectivity index (χ0) is 16.4. The van der Waals surface area contributed by atoms with Crippen LogP contribution in [0.4, 0.5) is 4.79 Å². The van der Waals surface area contributed by atoms with Crippen molar-refractivity contribution in [3.8, 4) is 0 Å². The molecule has 3 amide bonds. The number of amides is 3. The molecule has 23 heavy (non-hydrogen) atoms. The summed E-state index contributed by atoms with van der Waals surface area (Å²) in [6.07, 6.45) is 0. The van der Waals surface area contributed by atoms with Crippen LogP contribution in [0.1, 0.15) is 16.7 Å². The Balaban J connectivity index is 1.75. The first-order valence-corrected chi connectivity index (χ1v) is 7.80. The molecule has 1 aliphatic heterocycles. The minimum Gasteiger partial charge on any atom is -0.311 e. The van der Waals surface area contributed by atoms with E-state index >= 15 is 0 Å². The Hall–Kier alpha value is -2.33. The van der Waals surface area contributed by atoms with E-state index in [2.05, 4.69) is 0 Å². The van der Waals surface area contributed by atoms with Gasteiger partial charge in [-0.1, -0.05) is 59.6 Å². The molecule has 0 aromatic heterocycles. The second kappa shape index (κ2) is 6.42. The zero-order valence-electron chi connectivity index (χ0n) is 12.8. The quantitative estimate of drug-likeness (QED) is 0.804. The summed E-state index contributed by atoms with van der Waals surface area (Å²) < 4.78 is 0. The fraction of sp³-hybridized carbons (Fsp3) is 0.222. The molecular weight excluding hydrogens is 312 g/mol. The van der Waals surface area contributed by atoms with E-state index in [4.69, 9.17) is 11.6 Å². The smallest absolute Gasteiger partial charge is 0.311 e. The molecule has 1 fully saturated rings. The first-order valence-electron chi connectivity index (χ1n) is 7.43. The Morgan fingerprint density at radius 1 is 1.04 bits per heavy atom. The summed E-state index contributed by atoms with van der Waals surface area (Å²) >= 11 is 6.17. The number of hydrogen-bond donors (Lipinski definition) is 0. The van der Waals surface area contributed by atoms with Crippen molar-refractivity contribution < 1.29 is 9.59 Å². The molecule has 1 saturated heterocycles. The van der Waals surface area contributed by atoms with E-state index in [-0.39, 0.29) is 25.0 Å². The van der Waals surface area contributed by atoms with E-state index < -0.39 is 0 Å². The Morgan fingerprint density at radius 2 is 1.78 bits per heavy atom. The highest BCUT2D eigenvalue weighted by Gasteiger charge is 2.36. The highest BCUT2D eigenvalue weighted by molar-refractivity contribution is 6.31. The maximum atomic E-state index is 12.5. The van der Waals surface area contributed by atoms with E-state index in [0.29, 0.717) is 11.6 Å². The fourth-order valence-electron chi connectivity index (χ4n) is 2.67. The van der Waals surface area contributed by atoms with E-state index in [1.54, 1.807) is 11.0 Å². The third kappa shape index (κ3) is 3.37.